The van der Waals surface area contributed by atoms with Crippen molar-refractivity contribution in [2.45, 2.75) is 58.0 Å². The Morgan fingerprint density at radius 1 is 1.05 bits per heavy atom. The summed E-state index contributed by atoms with van der Waals surface area (Å²) in [7, 11) is -0.374. The lowest BCUT2D eigenvalue weighted by Crippen LogP contribution is -2.41. The molecule has 0 aromatic heterocycles. The molecule has 1 amide bonds. The van der Waals surface area contributed by atoms with Crippen molar-refractivity contribution in [3.63, 3.8) is 0 Å². The summed E-state index contributed by atoms with van der Waals surface area (Å²) in [4.78, 5) is 11.3. The lowest BCUT2D eigenvalue weighted by atomic mass is 9.78. The fraction of sp³-hybridized carbons (Fsp3) is 0.562. The van der Waals surface area contributed by atoms with Gasteiger partial charge in [-0.15, -0.1) is 0 Å². The van der Waals surface area contributed by atoms with Gasteiger partial charge in [0.1, 0.15) is 6.10 Å². The Balaban J connectivity index is 1.77. The lowest BCUT2D eigenvalue weighted by Gasteiger charge is -2.32. The van der Waals surface area contributed by atoms with Crippen LogP contribution in [0.15, 0.2) is 24.3 Å². The minimum Gasteiger partial charge on any atom is -0.439 e. The summed E-state index contributed by atoms with van der Waals surface area (Å²) in [5.74, 6) is 0. The predicted octanol–water partition coefficient (Wildman–Crippen LogP) is 2.16. The van der Waals surface area contributed by atoms with Crippen LogP contribution in [0.1, 0.15) is 46.3 Å². The number of carbonyl (C=O) groups excluding carboxylic acids is 1. The normalized spacial score (nSPS) is 29.3. The molecule has 2 aliphatic heterocycles. The highest BCUT2D eigenvalue weighted by atomic mass is 16.7. The Bertz CT molecular complexity index is 568. The van der Waals surface area contributed by atoms with Crippen molar-refractivity contribution >= 4 is 18.7 Å². The van der Waals surface area contributed by atoms with E-state index in [4.69, 9.17) is 14.0 Å². The topological polar surface area (TPSA) is 56.8 Å². The number of alkyl carbamates (subject to hydrolysis) is 1. The molecule has 2 atom stereocenters. The van der Waals surface area contributed by atoms with Crippen LogP contribution in [-0.4, -0.2) is 30.5 Å². The van der Waals surface area contributed by atoms with E-state index in [0.29, 0.717) is 0 Å². The third-order valence-electron chi connectivity index (χ3n) is 4.82. The fourth-order valence-corrected chi connectivity index (χ4v) is 2.69. The van der Waals surface area contributed by atoms with Crippen LogP contribution in [0.2, 0.25) is 0 Å². The van der Waals surface area contributed by atoms with Crippen molar-refractivity contribution in [1.29, 1.82) is 0 Å². The number of rotatable bonds is 2. The average molecular weight is 303 g/mol. The van der Waals surface area contributed by atoms with Crippen LogP contribution in [0.5, 0.6) is 0 Å². The number of ether oxygens (including phenoxy) is 1. The molecule has 118 valence electrons. The highest BCUT2D eigenvalue weighted by Gasteiger charge is 2.51. The largest absolute Gasteiger partial charge is 0.494 e. The number of hydrogen-bond donors (Lipinski definition) is 1. The second-order valence-electron chi connectivity index (χ2n) is 7.01. The molecule has 0 spiro atoms. The van der Waals surface area contributed by atoms with Crippen molar-refractivity contribution in [2.24, 2.45) is 0 Å². The lowest BCUT2D eigenvalue weighted by molar-refractivity contribution is 0.00578. The molecule has 0 unspecified atom stereocenters. The Labute approximate surface area is 131 Å². The molecule has 5 nitrogen and oxygen atoms in total. The van der Waals surface area contributed by atoms with Crippen LogP contribution in [0.3, 0.4) is 0 Å². The summed E-state index contributed by atoms with van der Waals surface area (Å²) in [5, 5.41) is 2.75. The first-order valence-electron chi connectivity index (χ1n) is 7.62. The monoisotopic (exact) mass is 303 g/mol. The van der Waals surface area contributed by atoms with E-state index in [0.717, 1.165) is 11.0 Å². The molecular weight excluding hydrogens is 281 g/mol. The van der Waals surface area contributed by atoms with Crippen molar-refractivity contribution < 1.29 is 18.8 Å². The summed E-state index contributed by atoms with van der Waals surface area (Å²) in [5.41, 5.74) is 1.23. The van der Waals surface area contributed by atoms with E-state index in [1.807, 2.05) is 58.9 Å². The summed E-state index contributed by atoms with van der Waals surface area (Å²) < 4.78 is 17.3. The maximum absolute atomic E-state index is 11.3. The third-order valence-corrected chi connectivity index (χ3v) is 4.82. The molecule has 0 radical (unpaired) electrons. The van der Waals surface area contributed by atoms with Gasteiger partial charge in [-0.25, -0.2) is 4.79 Å². The van der Waals surface area contributed by atoms with Gasteiger partial charge in [-0.1, -0.05) is 24.3 Å². The third kappa shape index (κ3) is 2.50. The Morgan fingerprint density at radius 3 is 2.05 bits per heavy atom. The zero-order valence-corrected chi connectivity index (χ0v) is 13.7. The minimum absolute atomic E-state index is 0.0322. The maximum atomic E-state index is 11.3. The summed E-state index contributed by atoms with van der Waals surface area (Å²) in [6, 6.07) is 7.83. The molecule has 6 heteroatoms. The van der Waals surface area contributed by atoms with Crippen LogP contribution in [0, 0.1) is 0 Å². The maximum Gasteiger partial charge on any atom is 0.494 e. The zero-order chi connectivity index (χ0) is 16.1. The van der Waals surface area contributed by atoms with Gasteiger partial charge in [0.2, 0.25) is 0 Å². The highest BCUT2D eigenvalue weighted by Crippen LogP contribution is 2.36. The number of amides is 1. The molecule has 2 heterocycles. The smallest absolute Gasteiger partial charge is 0.439 e. The van der Waals surface area contributed by atoms with E-state index >= 15 is 0 Å². The van der Waals surface area contributed by atoms with E-state index in [1.54, 1.807) is 0 Å². The summed E-state index contributed by atoms with van der Waals surface area (Å²) in [6.07, 6.45) is -0.618. The van der Waals surface area contributed by atoms with Crippen LogP contribution >= 0.6 is 0 Å². The van der Waals surface area contributed by atoms with E-state index in [2.05, 4.69) is 5.32 Å². The molecule has 1 N–H and O–H groups in total. The van der Waals surface area contributed by atoms with Crippen LogP contribution < -0.4 is 10.8 Å². The molecule has 0 saturated carbocycles. The van der Waals surface area contributed by atoms with Crippen LogP contribution in [-0.2, 0) is 14.0 Å². The second-order valence-corrected chi connectivity index (χ2v) is 7.01. The summed E-state index contributed by atoms with van der Waals surface area (Å²) >= 11 is 0. The van der Waals surface area contributed by atoms with Gasteiger partial charge in [0.05, 0.1) is 17.2 Å². The number of carbonyl (C=O) groups is 1. The van der Waals surface area contributed by atoms with E-state index in [-0.39, 0.29) is 36.6 Å². The first kappa shape index (κ1) is 15.4. The van der Waals surface area contributed by atoms with Crippen LogP contribution in [0.25, 0.3) is 0 Å². The molecule has 2 saturated heterocycles. The van der Waals surface area contributed by atoms with Gasteiger partial charge in [-0.3, -0.25) is 0 Å². The Kier molecular flexibility index (Phi) is 3.49. The predicted molar refractivity (Wildman–Crippen MR) is 84.0 cm³/mol. The minimum atomic E-state index is -0.374. The number of benzene rings is 1. The molecular formula is C16H22BNO4. The second kappa shape index (κ2) is 5.00. The van der Waals surface area contributed by atoms with Gasteiger partial charge in [0, 0.05) is 0 Å². The average Bonchev–Trinajstić information content (AvgIpc) is 2.86. The molecule has 0 aliphatic carbocycles. The van der Waals surface area contributed by atoms with E-state index < -0.39 is 0 Å². The van der Waals surface area contributed by atoms with Gasteiger partial charge < -0.3 is 19.4 Å². The van der Waals surface area contributed by atoms with Crippen LogP contribution in [0.4, 0.5) is 4.79 Å². The Morgan fingerprint density at radius 2 is 1.59 bits per heavy atom. The molecule has 2 fully saturated rings. The quantitative estimate of drug-likeness (QED) is 0.851. The molecule has 0 bridgehead atoms. The Hall–Kier alpha value is -1.53. The number of nitrogens with one attached hydrogen (secondary N) is 1. The fourth-order valence-electron chi connectivity index (χ4n) is 2.69. The van der Waals surface area contributed by atoms with E-state index in [9.17, 15) is 4.79 Å². The summed E-state index contributed by atoms with van der Waals surface area (Å²) in [6.45, 7) is 10.1. The molecule has 1 aromatic rings. The number of hydrogen-bond acceptors (Lipinski definition) is 4. The van der Waals surface area contributed by atoms with Crippen molar-refractivity contribution in [2.75, 3.05) is 0 Å². The molecule has 1 aromatic carbocycles. The van der Waals surface area contributed by atoms with Crippen molar-refractivity contribution in [3.8, 4) is 0 Å². The highest BCUT2D eigenvalue weighted by molar-refractivity contribution is 6.62. The zero-order valence-electron chi connectivity index (χ0n) is 13.7. The standard InChI is InChI=1S/C16H22BNO4/c1-10-13(20-14(19)18-10)11-6-8-12(9-7-11)17-21-15(2,3)16(4,5)22-17/h6-10,13H,1-5H3,(H,18,19)/t10-,13-/m0/s1. The van der Waals surface area contributed by atoms with Gasteiger partial charge in [0.15, 0.2) is 0 Å². The van der Waals surface area contributed by atoms with Crippen molar-refractivity contribution in [3.05, 3.63) is 29.8 Å². The van der Waals surface area contributed by atoms with Gasteiger partial charge in [0.25, 0.3) is 0 Å². The van der Waals surface area contributed by atoms with E-state index in [1.165, 1.54) is 0 Å². The molecule has 3 rings (SSSR count). The SMILES string of the molecule is C[C@@H]1NC(=O)O[C@@H]1c1ccc(B2OC(C)(C)C(C)(C)O2)cc1. The molecule has 2 aliphatic rings. The van der Waals surface area contributed by atoms with Gasteiger partial charge >= 0.3 is 13.2 Å². The van der Waals surface area contributed by atoms with Crippen molar-refractivity contribution in [1.82, 2.24) is 5.32 Å². The molecule has 22 heavy (non-hydrogen) atoms. The first-order valence-corrected chi connectivity index (χ1v) is 7.62. The number of cyclic esters (lactones) is 1. The van der Waals surface area contributed by atoms with Gasteiger partial charge in [-0.05, 0) is 45.6 Å². The van der Waals surface area contributed by atoms with Gasteiger partial charge in [-0.2, -0.15) is 0 Å². The first-order chi connectivity index (χ1) is 10.2.